The Morgan fingerprint density at radius 2 is 0.500 bits per heavy atom. The standard InChI is InChI=1S/C42H26/c1-2-12-30-22-36-26-42(38-18-8-16-34-20-28-10-4-6-14-32(28)24-40(34)38)41(25-35(36)21-29(30)11-1)37-17-7-15-33-19-27-9-3-5-13-31(27)23-39(33)37/h1-26H. The smallest absolute Gasteiger partial charge is 0.00926 e. The van der Waals surface area contributed by atoms with Crippen LogP contribution in [0.15, 0.2) is 158 Å². The second-order valence-corrected chi connectivity index (χ2v) is 11.4. The molecule has 0 N–H and O–H groups in total. The zero-order valence-corrected chi connectivity index (χ0v) is 23.0. The quantitative estimate of drug-likeness (QED) is 0.195. The summed E-state index contributed by atoms with van der Waals surface area (Å²) in [5, 5.41) is 15.2. The maximum Gasteiger partial charge on any atom is -0.00926 e. The van der Waals surface area contributed by atoms with Crippen molar-refractivity contribution in [3.05, 3.63) is 158 Å². The number of rotatable bonds is 2. The fraction of sp³-hybridized carbons (Fsp3) is 0. The molecular weight excluding hydrogens is 504 g/mol. The Labute approximate surface area is 244 Å². The van der Waals surface area contributed by atoms with Gasteiger partial charge in [-0.05, 0) is 135 Å². The highest BCUT2D eigenvalue weighted by atomic mass is 14.2. The third-order valence-corrected chi connectivity index (χ3v) is 8.91. The van der Waals surface area contributed by atoms with Crippen molar-refractivity contribution in [2.45, 2.75) is 0 Å². The van der Waals surface area contributed by atoms with Gasteiger partial charge in [-0.15, -0.1) is 0 Å². The summed E-state index contributed by atoms with van der Waals surface area (Å²) in [5.41, 5.74) is 5.06. The Kier molecular flexibility index (Phi) is 5.00. The first-order valence-corrected chi connectivity index (χ1v) is 14.6. The molecule has 0 heteroatoms. The Morgan fingerprint density at radius 1 is 0.190 bits per heavy atom. The van der Waals surface area contributed by atoms with E-state index in [0.29, 0.717) is 0 Å². The molecule has 0 nitrogen and oxygen atoms in total. The summed E-state index contributed by atoms with van der Waals surface area (Å²) in [4.78, 5) is 0. The summed E-state index contributed by atoms with van der Waals surface area (Å²) in [5.74, 6) is 0. The molecule has 0 atom stereocenters. The van der Waals surface area contributed by atoms with E-state index in [1.165, 1.54) is 86.9 Å². The molecule has 0 aromatic heterocycles. The topological polar surface area (TPSA) is 0 Å². The molecule has 0 aliphatic carbocycles. The van der Waals surface area contributed by atoms with E-state index in [2.05, 4.69) is 158 Å². The second kappa shape index (κ2) is 9.03. The van der Waals surface area contributed by atoms with Crippen molar-refractivity contribution in [2.24, 2.45) is 0 Å². The van der Waals surface area contributed by atoms with Crippen LogP contribution in [0.1, 0.15) is 0 Å². The molecule has 9 rings (SSSR count). The Bertz CT molecular complexity index is 2340. The van der Waals surface area contributed by atoms with E-state index in [9.17, 15) is 0 Å². The first-order valence-electron chi connectivity index (χ1n) is 14.6. The van der Waals surface area contributed by atoms with Crippen molar-refractivity contribution in [3.63, 3.8) is 0 Å². The molecule has 0 aliphatic heterocycles. The molecule has 9 aromatic carbocycles. The summed E-state index contributed by atoms with van der Waals surface area (Å²) >= 11 is 0. The fourth-order valence-electron chi connectivity index (χ4n) is 6.84. The molecule has 194 valence electrons. The number of hydrogen-bond donors (Lipinski definition) is 0. The molecule has 0 bridgehead atoms. The van der Waals surface area contributed by atoms with E-state index in [1.54, 1.807) is 0 Å². The minimum Gasteiger partial charge on any atom is -0.0616 e. The van der Waals surface area contributed by atoms with Crippen LogP contribution in [-0.4, -0.2) is 0 Å². The molecule has 0 aliphatic rings. The summed E-state index contributed by atoms with van der Waals surface area (Å²) in [6.45, 7) is 0. The van der Waals surface area contributed by atoms with E-state index in [4.69, 9.17) is 0 Å². The molecule has 0 radical (unpaired) electrons. The van der Waals surface area contributed by atoms with Crippen LogP contribution < -0.4 is 0 Å². The van der Waals surface area contributed by atoms with Gasteiger partial charge in [0.15, 0.2) is 0 Å². The van der Waals surface area contributed by atoms with Crippen LogP contribution >= 0.6 is 0 Å². The normalized spacial score (nSPS) is 11.8. The van der Waals surface area contributed by atoms with E-state index in [1.807, 2.05) is 0 Å². The van der Waals surface area contributed by atoms with Gasteiger partial charge in [0.05, 0.1) is 0 Å². The van der Waals surface area contributed by atoms with Gasteiger partial charge in [-0.2, -0.15) is 0 Å². The van der Waals surface area contributed by atoms with Crippen LogP contribution in [0.25, 0.3) is 86.9 Å². The highest BCUT2D eigenvalue weighted by Crippen LogP contribution is 2.43. The van der Waals surface area contributed by atoms with Crippen LogP contribution in [0.4, 0.5) is 0 Å². The largest absolute Gasteiger partial charge is 0.0616 e. The minimum absolute atomic E-state index is 1.26. The predicted molar refractivity (Wildman–Crippen MR) is 182 cm³/mol. The first kappa shape index (κ1) is 23.3. The van der Waals surface area contributed by atoms with Crippen LogP contribution in [0.5, 0.6) is 0 Å². The molecule has 0 spiro atoms. The lowest BCUT2D eigenvalue weighted by atomic mass is 9.86. The van der Waals surface area contributed by atoms with Crippen LogP contribution in [0.3, 0.4) is 0 Å². The second-order valence-electron chi connectivity index (χ2n) is 11.4. The lowest BCUT2D eigenvalue weighted by Crippen LogP contribution is -1.91. The van der Waals surface area contributed by atoms with E-state index in [-0.39, 0.29) is 0 Å². The highest BCUT2D eigenvalue weighted by molar-refractivity contribution is 6.13. The average Bonchev–Trinajstić information content (AvgIpc) is 3.04. The van der Waals surface area contributed by atoms with Crippen molar-refractivity contribution >= 4 is 64.6 Å². The lowest BCUT2D eigenvalue weighted by Gasteiger charge is -2.17. The van der Waals surface area contributed by atoms with Crippen molar-refractivity contribution in [1.82, 2.24) is 0 Å². The molecule has 0 saturated carbocycles. The zero-order chi connectivity index (χ0) is 27.6. The molecule has 42 heavy (non-hydrogen) atoms. The van der Waals surface area contributed by atoms with Crippen molar-refractivity contribution in [3.8, 4) is 22.3 Å². The molecule has 9 aromatic rings. The lowest BCUT2D eigenvalue weighted by molar-refractivity contribution is 1.66. The maximum absolute atomic E-state index is 2.42. The minimum atomic E-state index is 1.26. The molecule has 0 amide bonds. The molecule has 0 heterocycles. The number of benzene rings is 9. The molecule has 0 saturated heterocycles. The van der Waals surface area contributed by atoms with Gasteiger partial charge in [-0.25, -0.2) is 0 Å². The highest BCUT2D eigenvalue weighted by Gasteiger charge is 2.16. The van der Waals surface area contributed by atoms with Gasteiger partial charge in [-0.3, -0.25) is 0 Å². The van der Waals surface area contributed by atoms with E-state index in [0.717, 1.165) is 0 Å². The average molecular weight is 531 g/mol. The number of fused-ring (bicyclic) bond motifs is 6. The van der Waals surface area contributed by atoms with Gasteiger partial charge >= 0.3 is 0 Å². The fourth-order valence-corrected chi connectivity index (χ4v) is 6.84. The van der Waals surface area contributed by atoms with Gasteiger partial charge in [-0.1, -0.05) is 109 Å². The first-order chi connectivity index (χ1) is 20.8. The monoisotopic (exact) mass is 530 g/mol. The number of hydrogen-bond acceptors (Lipinski definition) is 0. The van der Waals surface area contributed by atoms with Crippen LogP contribution in [0, 0.1) is 0 Å². The third kappa shape index (κ3) is 3.62. The summed E-state index contributed by atoms with van der Waals surface area (Å²) in [7, 11) is 0. The summed E-state index contributed by atoms with van der Waals surface area (Å²) in [6, 6.07) is 58.4. The van der Waals surface area contributed by atoms with Gasteiger partial charge < -0.3 is 0 Å². The SMILES string of the molecule is c1ccc2cc3cc(-c4cccc5cc6ccccc6cc45)c(-c4cccc5cc6ccccc6cc45)cc3cc2c1. The maximum atomic E-state index is 2.42. The van der Waals surface area contributed by atoms with Gasteiger partial charge in [0.2, 0.25) is 0 Å². The van der Waals surface area contributed by atoms with Gasteiger partial charge in [0.25, 0.3) is 0 Å². The zero-order valence-electron chi connectivity index (χ0n) is 23.0. The Hall–Kier alpha value is -5.46. The van der Waals surface area contributed by atoms with Crippen molar-refractivity contribution < 1.29 is 0 Å². The third-order valence-electron chi connectivity index (χ3n) is 8.91. The summed E-state index contributed by atoms with van der Waals surface area (Å²) in [6.07, 6.45) is 0. The van der Waals surface area contributed by atoms with E-state index < -0.39 is 0 Å². The predicted octanol–water partition coefficient (Wildman–Crippen LogP) is 11.9. The van der Waals surface area contributed by atoms with E-state index >= 15 is 0 Å². The molecule has 0 unspecified atom stereocenters. The molecular formula is C42H26. The van der Waals surface area contributed by atoms with Crippen LogP contribution in [-0.2, 0) is 0 Å². The van der Waals surface area contributed by atoms with Crippen molar-refractivity contribution in [1.29, 1.82) is 0 Å². The Morgan fingerprint density at radius 3 is 0.881 bits per heavy atom. The Balaban J connectivity index is 1.41. The summed E-state index contributed by atoms with van der Waals surface area (Å²) < 4.78 is 0. The molecule has 0 fully saturated rings. The van der Waals surface area contributed by atoms with Gasteiger partial charge in [0, 0.05) is 0 Å². The van der Waals surface area contributed by atoms with Gasteiger partial charge in [0.1, 0.15) is 0 Å². The van der Waals surface area contributed by atoms with Crippen LogP contribution in [0.2, 0.25) is 0 Å². The van der Waals surface area contributed by atoms with Crippen molar-refractivity contribution in [2.75, 3.05) is 0 Å².